The lowest BCUT2D eigenvalue weighted by Crippen LogP contribution is -2.43. The number of benzene rings is 4. The number of phenolic OH excluding ortho intramolecular Hbond substituents is 1. The van der Waals surface area contributed by atoms with Crippen molar-refractivity contribution in [1.82, 2.24) is 10.6 Å². The van der Waals surface area contributed by atoms with Crippen LogP contribution in [0.5, 0.6) is 57.5 Å². The smallest absolute Gasteiger partial charge is 0.408 e. The van der Waals surface area contributed by atoms with Gasteiger partial charge in [-0.1, -0.05) is 45.1 Å². The number of rotatable bonds is 14. The van der Waals surface area contributed by atoms with E-state index in [0.717, 1.165) is 44.5 Å². The first-order valence-corrected chi connectivity index (χ1v) is 27.9. The molecule has 2 atom stereocenters. The molecule has 2 unspecified atom stereocenters. The van der Waals surface area contributed by atoms with E-state index in [9.17, 15) is 14.7 Å². The standard InChI is InChI=1S/C32H47NO7Si.C26H33NO7/c1-31(2,3)39-30(34)33-21-14-15-22-24(19-27(36-8)29(38-10)28(22)37-9)23(18-21)20-13-16-25(35-7)26(17-20)40-41(11,12)32(4,5)6;1-26(2,3)34-25(29)27-16-9-10-17-19(14-22(31-5)24(33-7)23(17)32-6)18(13-16)15-8-11-21(30-4)20(28)12-15/h13,16-19,21H,14-15H2,1-12H3,(H,33,34);8,11-14,16,28H,9-10H2,1-7H3,(H,27,29). The molecule has 0 saturated carbocycles. The Morgan fingerprint density at radius 2 is 0.893 bits per heavy atom. The normalized spacial score (nSPS) is 15.5. The van der Waals surface area contributed by atoms with Crippen LogP contribution in [0.3, 0.4) is 0 Å². The number of phenols is 1. The summed E-state index contributed by atoms with van der Waals surface area (Å²) in [5, 5.41) is 16.5. The fourth-order valence-corrected chi connectivity index (χ4v) is 9.63. The van der Waals surface area contributed by atoms with Crippen LogP contribution < -0.4 is 53.0 Å². The molecule has 0 aromatic heterocycles. The molecule has 75 heavy (non-hydrogen) atoms. The zero-order valence-corrected chi connectivity index (χ0v) is 48.5. The summed E-state index contributed by atoms with van der Waals surface area (Å²) in [5.74, 6) is 5.01. The van der Waals surface area contributed by atoms with E-state index in [2.05, 4.69) is 50.6 Å². The van der Waals surface area contributed by atoms with Crippen LogP contribution in [0.4, 0.5) is 9.59 Å². The molecule has 2 aliphatic carbocycles. The number of fused-ring (bicyclic) bond motifs is 2. The van der Waals surface area contributed by atoms with Gasteiger partial charge in [0.2, 0.25) is 11.5 Å². The average molecular weight is 1060 g/mol. The van der Waals surface area contributed by atoms with Crippen molar-refractivity contribution in [3.8, 4) is 57.5 Å². The minimum atomic E-state index is -2.18. The van der Waals surface area contributed by atoms with Crippen LogP contribution in [-0.4, -0.2) is 106 Å². The second-order valence-corrected chi connectivity index (χ2v) is 26.4. The molecule has 4 aromatic carbocycles. The Balaban J connectivity index is 0.000000282. The Kier molecular flexibility index (Phi) is 19.0. The zero-order valence-electron chi connectivity index (χ0n) is 47.5. The Bertz CT molecular complexity index is 2750. The third kappa shape index (κ3) is 14.3. The molecule has 4 aromatic rings. The second kappa shape index (κ2) is 24.2. The van der Waals surface area contributed by atoms with Gasteiger partial charge in [0, 0.05) is 11.1 Å². The molecule has 16 nitrogen and oxygen atoms in total. The number of alkyl carbamates (subject to hydrolysis) is 2. The molecule has 0 aliphatic heterocycles. The van der Waals surface area contributed by atoms with Crippen molar-refractivity contribution in [2.75, 3.05) is 56.9 Å². The molecule has 6 rings (SSSR count). The molecule has 0 spiro atoms. The molecule has 0 bridgehead atoms. The van der Waals surface area contributed by atoms with E-state index in [1.807, 2.05) is 84.0 Å². The SMILES string of the molecule is COc1ccc(C2=CC(NC(=O)OC(C)(C)C)CCc3c2cc(OC)c(OC)c3OC)cc1O.COc1ccc(C2=CC(NC(=O)OC(C)(C)C)CCc3c2cc(OC)c(OC)c3OC)cc1O[Si](C)(C)C(C)(C)C. The van der Waals surface area contributed by atoms with Crippen molar-refractivity contribution in [1.29, 1.82) is 0 Å². The van der Waals surface area contributed by atoms with Gasteiger partial charge in [-0.3, -0.25) is 0 Å². The average Bonchev–Trinajstić information content (AvgIpc) is 3.62. The Labute approximate surface area is 445 Å². The van der Waals surface area contributed by atoms with Crippen molar-refractivity contribution in [3.63, 3.8) is 0 Å². The highest BCUT2D eigenvalue weighted by atomic mass is 28.4. The Morgan fingerprint density at radius 3 is 1.24 bits per heavy atom. The molecule has 0 saturated heterocycles. The highest BCUT2D eigenvalue weighted by molar-refractivity contribution is 6.74. The monoisotopic (exact) mass is 1060 g/mol. The van der Waals surface area contributed by atoms with Gasteiger partial charge in [0.1, 0.15) is 17.0 Å². The number of ether oxygens (including phenoxy) is 10. The predicted molar refractivity (Wildman–Crippen MR) is 295 cm³/mol. The fourth-order valence-electron chi connectivity index (χ4n) is 8.62. The van der Waals surface area contributed by atoms with Gasteiger partial charge < -0.3 is 67.5 Å². The van der Waals surface area contributed by atoms with Gasteiger partial charge in [0.25, 0.3) is 8.32 Å². The van der Waals surface area contributed by atoms with Gasteiger partial charge in [-0.05, 0) is 155 Å². The van der Waals surface area contributed by atoms with Crippen molar-refractivity contribution >= 4 is 31.7 Å². The maximum Gasteiger partial charge on any atom is 0.408 e. The van der Waals surface area contributed by atoms with E-state index >= 15 is 0 Å². The van der Waals surface area contributed by atoms with Gasteiger partial charge in [0.15, 0.2) is 40.2 Å². The van der Waals surface area contributed by atoms with Crippen molar-refractivity contribution < 1.29 is 66.5 Å². The van der Waals surface area contributed by atoms with Crippen LogP contribution in [0.15, 0.2) is 60.7 Å². The topological polar surface area (TPSA) is 180 Å². The number of carbonyl (C=O) groups is 2. The van der Waals surface area contributed by atoms with Gasteiger partial charge in [-0.15, -0.1) is 0 Å². The lowest BCUT2D eigenvalue weighted by molar-refractivity contribution is 0.0501. The molecule has 2 aliphatic rings. The van der Waals surface area contributed by atoms with Gasteiger partial charge >= 0.3 is 12.2 Å². The largest absolute Gasteiger partial charge is 0.541 e. The molecule has 2 amide bonds. The minimum Gasteiger partial charge on any atom is -0.541 e. The van der Waals surface area contributed by atoms with Crippen LogP contribution in [0, 0.1) is 0 Å². The molecule has 3 N–H and O–H groups in total. The predicted octanol–water partition coefficient (Wildman–Crippen LogP) is 12.1. The van der Waals surface area contributed by atoms with E-state index in [1.165, 1.54) is 7.11 Å². The summed E-state index contributed by atoms with van der Waals surface area (Å²) in [7, 11) is 10.5. The minimum absolute atomic E-state index is 0.00190. The molecule has 17 heteroatoms. The van der Waals surface area contributed by atoms with E-state index in [-0.39, 0.29) is 22.9 Å². The summed E-state index contributed by atoms with van der Waals surface area (Å²) >= 11 is 0. The third-order valence-electron chi connectivity index (χ3n) is 13.1. The van der Waals surface area contributed by atoms with Gasteiger partial charge in [-0.25, -0.2) is 9.59 Å². The van der Waals surface area contributed by atoms with Crippen LogP contribution in [0.1, 0.15) is 109 Å². The molecular formula is C58H80N2O14Si. The summed E-state index contributed by atoms with van der Waals surface area (Å²) in [5.41, 5.74) is 5.79. The first kappa shape index (κ1) is 59.0. The molecule has 0 fully saturated rings. The van der Waals surface area contributed by atoms with E-state index in [4.69, 9.17) is 51.8 Å². The Morgan fingerprint density at radius 1 is 0.507 bits per heavy atom. The first-order chi connectivity index (χ1) is 35.2. The quantitative estimate of drug-likeness (QED) is 0.102. The van der Waals surface area contributed by atoms with Crippen molar-refractivity contribution in [3.05, 3.63) is 94.1 Å². The maximum absolute atomic E-state index is 12.8. The number of nitrogens with one attached hydrogen (secondary N) is 2. The lowest BCUT2D eigenvalue weighted by Gasteiger charge is -2.37. The number of aromatic hydroxyl groups is 1. The highest BCUT2D eigenvalue weighted by Crippen LogP contribution is 2.50. The Hall–Kier alpha value is -6.88. The fraction of sp³-hybridized carbons (Fsp3) is 0.483. The van der Waals surface area contributed by atoms with Crippen molar-refractivity contribution in [2.45, 2.75) is 129 Å². The maximum atomic E-state index is 12.8. The molecular weight excluding hydrogens is 977 g/mol. The van der Waals surface area contributed by atoms with Crippen LogP contribution >= 0.6 is 0 Å². The lowest BCUT2D eigenvalue weighted by atomic mass is 9.92. The number of methoxy groups -OCH3 is 8. The van der Waals surface area contributed by atoms with Gasteiger partial charge in [0.05, 0.1) is 69.0 Å². The summed E-state index contributed by atoms with van der Waals surface area (Å²) < 4.78 is 62.9. The zero-order chi connectivity index (χ0) is 55.8. The first-order valence-electron chi connectivity index (χ1n) is 25.0. The number of amides is 2. The summed E-state index contributed by atoms with van der Waals surface area (Å²) in [6, 6.07) is 14.4. The van der Waals surface area contributed by atoms with Crippen LogP contribution in [0.25, 0.3) is 11.1 Å². The van der Waals surface area contributed by atoms with Crippen LogP contribution in [-0.2, 0) is 22.3 Å². The third-order valence-corrected chi connectivity index (χ3v) is 17.5. The summed E-state index contributed by atoms with van der Waals surface area (Å²) in [6.45, 7) is 22.0. The number of carbonyl (C=O) groups excluding carboxylic acids is 2. The molecule has 410 valence electrons. The number of hydrogen-bond acceptors (Lipinski definition) is 14. The van der Waals surface area contributed by atoms with E-state index < -0.39 is 31.7 Å². The van der Waals surface area contributed by atoms with Gasteiger partial charge in [-0.2, -0.15) is 0 Å². The summed E-state index contributed by atoms with van der Waals surface area (Å²) in [6.07, 6.45) is 5.52. The molecule has 0 radical (unpaired) electrons. The van der Waals surface area contributed by atoms with E-state index in [1.54, 1.807) is 61.9 Å². The summed E-state index contributed by atoms with van der Waals surface area (Å²) in [4.78, 5) is 25.3. The van der Waals surface area contributed by atoms with E-state index in [0.29, 0.717) is 77.4 Å². The highest BCUT2D eigenvalue weighted by Gasteiger charge is 2.40. The second-order valence-electron chi connectivity index (χ2n) is 21.7. The molecule has 0 heterocycles. The number of hydrogen-bond donors (Lipinski definition) is 3. The van der Waals surface area contributed by atoms with Crippen molar-refractivity contribution in [2.24, 2.45) is 0 Å². The van der Waals surface area contributed by atoms with Crippen LogP contribution in [0.2, 0.25) is 18.1 Å².